The fourth-order valence-electron chi connectivity index (χ4n) is 6.98. The number of carbonyl (C=O) groups is 5. The third-order valence-corrected chi connectivity index (χ3v) is 10.5. The lowest BCUT2D eigenvalue weighted by Gasteiger charge is -2.44. The van der Waals surface area contributed by atoms with Crippen molar-refractivity contribution in [3.05, 3.63) is 191 Å². The highest BCUT2D eigenvalue weighted by atomic mass is 16.7. The standard InChI is InChI=1S/C52H52N4O14/c57-47(37-16-6-1-7-17-37)53-34-42-35-56(55-54-42)26-27-62-28-29-63-30-31-64-32-33-65-52-46(70-51(61)41-24-14-5-15-25-41)45(69-50(60)40-22-12-4-13-23-40)44(68-49(59)39-20-10-3-11-21-39)43(67-52)36-66-48(58)38-18-8-2-9-19-38/h1-25,35,43-46,52H,26-34,36H2,(H,53,57)/t43-,44-,45+,46+,52+/m1/s1. The molecule has 0 radical (unpaired) electrons. The molecule has 1 aliphatic rings. The van der Waals surface area contributed by atoms with Crippen LogP contribution in [0.3, 0.4) is 0 Å². The lowest BCUT2D eigenvalue weighted by atomic mass is 9.97. The lowest BCUT2D eigenvalue weighted by Crippen LogP contribution is -2.63. The summed E-state index contributed by atoms with van der Waals surface area (Å²) in [5, 5.41) is 11.0. The molecule has 0 unspecified atom stereocenters. The molecule has 18 nitrogen and oxygen atoms in total. The molecule has 6 aromatic rings. The maximum Gasteiger partial charge on any atom is 0.338 e. The first-order valence-electron chi connectivity index (χ1n) is 22.5. The van der Waals surface area contributed by atoms with Gasteiger partial charge in [-0.15, -0.1) is 5.10 Å². The molecule has 2 heterocycles. The molecule has 1 N–H and O–H groups in total. The minimum absolute atomic E-state index is 0.0312. The number of ether oxygens (including phenoxy) is 9. The van der Waals surface area contributed by atoms with Gasteiger partial charge < -0.3 is 47.9 Å². The summed E-state index contributed by atoms with van der Waals surface area (Å²) in [5.41, 5.74) is 1.93. The van der Waals surface area contributed by atoms with E-state index in [9.17, 15) is 24.0 Å². The van der Waals surface area contributed by atoms with Crippen LogP contribution in [0, 0.1) is 0 Å². The fraction of sp³-hybridized carbons (Fsp3) is 0.288. The topological polar surface area (TPSA) is 211 Å². The predicted molar refractivity (Wildman–Crippen MR) is 248 cm³/mol. The third-order valence-electron chi connectivity index (χ3n) is 10.5. The van der Waals surface area contributed by atoms with Crippen LogP contribution in [0.1, 0.15) is 57.5 Å². The number of amides is 1. The highest BCUT2D eigenvalue weighted by Crippen LogP contribution is 2.32. The summed E-state index contributed by atoms with van der Waals surface area (Å²) in [6.07, 6.45) is -5.62. The molecule has 18 heteroatoms. The number of benzene rings is 5. The van der Waals surface area contributed by atoms with Gasteiger partial charge in [0.15, 0.2) is 24.6 Å². The van der Waals surface area contributed by atoms with E-state index in [1.54, 1.807) is 132 Å². The monoisotopic (exact) mass is 956 g/mol. The Kier molecular flexibility index (Phi) is 19.3. The van der Waals surface area contributed by atoms with Gasteiger partial charge in [0, 0.05) is 5.56 Å². The van der Waals surface area contributed by atoms with E-state index in [0.29, 0.717) is 37.6 Å². The predicted octanol–water partition coefficient (Wildman–Crippen LogP) is 5.53. The van der Waals surface area contributed by atoms with E-state index in [1.165, 1.54) is 24.3 Å². The zero-order valence-corrected chi connectivity index (χ0v) is 38.0. The second-order valence-electron chi connectivity index (χ2n) is 15.4. The number of nitrogens with zero attached hydrogens (tertiary/aromatic N) is 3. The van der Waals surface area contributed by atoms with Crippen LogP contribution in [0.4, 0.5) is 0 Å². The molecule has 0 bridgehead atoms. The number of hydrogen-bond acceptors (Lipinski definition) is 16. The Morgan fingerprint density at radius 1 is 0.500 bits per heavy atom. The average molecular weight is 957 g/mol. The first-order chi connectivity index (χ1) is 34.3. The quantitative estimate of drug-likeness (QED) is 0.0425. The highest BCUT2D eigenvalue weighted by Gasteiger charge is 2.53. The van der Waals surface area contributed by atoms with Crippen molar-refractivity contribution in [1.82, 2.24) is 20.3 Å². The molecule has 1 aromatic heterocycles. The van der Waals surface area contributed by atoms with Crippen LogP contribution in [0.25, 0.3) is 0 Å². The zero-order valence-electron chi connectivity index (χ0n) is 38.0. The molecule has 5 atom stereocenters. The summed E-state index contributed by atoms with van der Waals surface area (Å²) in [7, 11) is 0. The van der Waals surface area contributed by atoms with Gasteiger partial charge in [-0.2, -0.15) is 0 Å². The van der Waals surface area contributed by atoms with Crippen LogP contribution in [-0.2, 0) is 55.7 Å². The second-order valence-corrected chi connectivity index (χ2v) is 15.4. The van der Waals surface area contributed by atoms with Crippen molar-refractivity contribution in [2.75, 3.05) is 52.9 Å². The van der Waals surface area contributed by atoms with Gasteiger partial charge in [-0.05, 0) is 60.7 Å². The summed E-state index contributed by atoms with van der Waals surface area (Å²) in [5.74, 6) is -3.34. The lowest BCUT2D eigenvalue weighted by molar-refractivity contribution is -0.300. The molecular weight excluding hydrogens is 905 g/mol. The van der Waals surface area contributed by atoms with E-state index >= 15 is 0 Å². The van der Waals surface area contributed by atoms with Crippen molar-refractivity contribution in [1.29, 1.82) is 0 Å². The summed E-state index contributed by atoms with van der Waals surface area (Å²) < 4.78 is 55.2. The van der Waals surface area contributed by atoms with Gasteiger partial charge in [0.2, 0.25) is 0 Å². The van der Waals surface area contributed by atoms with Gasteiger partial charge in [0.05, 0.1) is 87.8 Å². The minimum Gasteiger partial charge on any atom is -0.459 e. The summed E-state index contributed by atoms with van der Waals surface area (Å²) >= 11 is 0. The molecule has 0 saturated carbocycles. The molecular formula is C52H52N4O14. The van der Waals surface area contributed by atoms with Crippen molar-refractivity contribution in [2.24, 2.45) is 0 Å². The Hall–Kier alpha value is -7.61. The molecule has 1 amide bonds. The number of hydrogen-bond donors (Lipinski definition) is 1. The van der Waals surface area contributed by atoms with E-state index in [4.69, 9.17) is 42.6 Å². The van der Waals surface area contributed by atoms with Crippen LogP contribution >= 0.6 is 0 Å². The number of rotatable bonds is 25. The first kappa shape index (κ1) is 50.3. The molecule has 1 saturated heterocycles. The third kappa shape index (κ3) is 15.2. The van der Waals surface area contributed by atoms with E-state index in [0.717, 1.165) is 0 Å². The molecule has 70 heavy (non-hydrogen) atoms. The van der Waals surface area contributed by atoms with Crippen LogP contribution in [-0.4, -0.2) is 128 Å². The molecule has 7 rings (SSSR count). The summed E-state index contributed by atoms with van der Waals surface area (Å²) in [4.78, 5) is 66.9. The van der Waals surface area contributed by atoms with Crippen molar-refractivity contribution in [3.63, 3.8) is 0 Å². The zero-order chi connectivity index (χ0) is 48.8. The maximum absolute atomic E-state index is 13.8. The van der Waals surface area contributed by atoms with Crippen LogP contribution in [0.2, 0.25) is 0 Å². The number of aromatic nitrogens is 3. The Labute approximate surface area is 403 Å². The Bertz CT molecular complexity index is 2550. The maximum atomic E-state index is 13.8. The van der Waals surface area contributed by atoms with E-state index < -0.39 is 61.2 Å². The van der Waals surface area contributed by atoms with Gasteiger partial charge >= 0.3 is 23.9 Å². The van der Waals surface area contributed by atoms with Gasteiger partial charge in [0.25, 0.3) is 5.91 Å². The van der Waals surface area contributed by atoms with Gasteiger partial charge in [-0.3, -0.25) is 4.79 Å². The number of nitrogens with one attached hydrogen (secondary N) is 1. The Morgan fingerprint density at radius 3 is 1.44 bits per heavy atom. The minimum atomic E-state index is -1.56. The number of carbonyl (C=O) groups excluding carboxylic acids is 5. The number of esters is 4. The Balaban J connectivity index is 0.951. The van der Waals surface area contributed by atoms with Crippen LogP contribution in [0.15, 0.2) is 158 Å². The van der Waals surface area contributed by atoms with Crippen molar-refractivity contribution >= 4 is 29.8 Å². The summed E-state index contributed by atoms with van der Waals surface area (Å²) in [6.45, 7) is 1.53. The van der Waals surface area contributed by atoms with Crippen molar-refractivity contribution in [3.8, 4) is 0 Å². The molecule has 1 fully saturated rings. The highest BCUT2D eigenvalue weighted by molar-refractivity contribution is 5.94. The van der Waals surface area contributed by atoms with E-state index in [-0.39, 0.29) is 61.1 Å². The molecule has 0 aliphatic carbocycles. The average Bonchev–Trinajstić information content (AvgIpc) is 3.87. The summed E-state index contributed by atoms with van der Waals surface area (Å²) in [6, 6.07) is 41.5. The van der Waals surface area contributed by atoms with E-state index in [1.807, 2.05) is 6.07 Å². The van der Waals surface area contributed by atoms with Crippen LogP contribution in [0.5, 0.6) is 0 Å². The molecule has 0 spiro atoms. The Morgan fingerprint density at radius 2 is 0.929 bits per heavy atom. The van der Waals surface area contributed by atoms with Crippen molar-refractivity contribution < 1.29 is 66.6 Å². The van der Waals surface area contributed by atoms with Crippen molar-refractivity contribution in [2.45, 2.75) is 43.8 Å². The SMILES string of the molecule is O=C(NCc1cn(CCOCCOCCOCCO[C@H]2O[C@H](COC(=O)c3ccccc3)[C@@H](OC(=O)c3ccccc3)[C@H](OC(=O)c3ccccc3)[C@@H]2OC(=O)c2ccccc2)nn1)c1ccccc1. The molecule has 364 valence electrons. The fourth-order valence-corrected chi connectivity index (χ4v) is 6.98. The normalized spacial score (nSPS) is 17.5. The second kappa shape index (κ2) is 26.8. The van der Waals surface area contributed by atoms with Gasteiger partial charge in [-0.25, -0.2) is 23.9 Å². The van der Waals surface area contributed by atoms with Gasteiger partial charge in [-0.1, -0.05) is 96.2 Å². The molecule has 5 aromatic carbocycles. The smallest absolute Gasteiger partial charge is 0.338 e. The van der Waals surface area contributed by atoms with Crippen LogP contribution < -0.4 is 5.32 Å². The largest absolute Gasteiger partial charge is 0.459 e. The first-order valence-corrected chi connectivity index (χ1v) is 22.5. The van der Waals surface area contributed by atoms with E-state index in [2.05, 4.69) is 15.6 Å². The van der Waals surface area contributed by atoms with Gasteiger partial charge in [0.1, 0.15) is 18.4 Å². The molecule has 1 aliphatic heterocycles.